The van der Waals surface area contributed by atoms with Gasteiger partial charge in [0.1, 0.15) is 0 Å². The van der Waals surface area contributed by atoms with E-state index in [2.05, 4.69) is 5.10 Å². The number of hydrogen-bond donors (Lipinski definition) is 2. The Morgan fingerprint density at radius 3 is 2.60 bits per heavy atom. The summed E-state index contributed by atoms with van der Waals surface area (Å²) < 4.78 is 19.5. The summed E-state index contributed by atoms with van der Waals surface area (Å²) in [6.07, 6.45) is 0. The molecule has 0 bridgehead atoms. The number of nitrogen functional groups attached to an aromatic ring is 1. The molecule has 0 spiro atoms. The Hall–Kier alpha value is -2.02. The van der Waals surface area contributed by atoms with Gasteiger partial charge in [-0.1, -0.05) is 32.4 Å². The van der Waals surface area contributed by atoms with E-state index < -0.39 is 28.4 Å². The van der Waals surface area contributed by atoms with Crippen LogP contribution < -0.4 is 11.5 Å². The quantitative estimate of drug-likeness (QED) is 0.622. The van der Waals surface area contributed by atoms with Crippen molar-refractivity contribution in [3.63, 3.8) is 0 Å². The van der Waals surface area contributed by atoms with Crippen molar-refractivity contribution in [1.82, 2.24) is 9.78 Å². The SMILES string of the molecule is CC(C)(C)c1nn(-c2c(F)cc(Cl)c(N)c2O)c(=O)o1. The average Bonchev–Trinajstić information content (AvgIpc) is 2.69. The molecule has 2 aromatic rings. The highest BCUT2D eigenvalue weighted by atomic mass is 35.5. The maximum atomic E-state index is 13.9. The molecule has 108 valence electrons. The van der Waals surface area contributed by atoms with Gasteiger partial charge in [-0.25, -0.2) is 9.18 Å². The lowest BCUT2D eigenvalue weighted by Gasteiger charge is -2.11. The molecule has 0 saturated carbocycles. The second kappa shape index (κ2) is 4.52. The van der Waals surface area contributed by atoms with E-state index in [1.807, 2.05) is 0 Å². The van der Waals surface area contributed by atoms with E-state index in [9.17, 15) is 14.3 Å². The zero-order valence-electron chi connectivity index (χ0n) is 11.1. The molecule has 0 unspecified atom stereocenters. The van der Waals surface area contributed by atoms with E-state index in [1.165, 1.54) is 0 Å². The molecule has 2 rings (SSSR count). The van der Waals surface area contributed by atoms with Gasteiger partial charge in [-0.15, -0.1) is 5.10 Å². The van der Waals surface area contributed by atoms with E-state index in [1.54, 1.807) is 20.8 Å². The highest BCUT2D eigenvalue weighted by molar-refractivity contribution is 6.33. The van der Waals surface area contributed by atoms with Crippen LogP contribution in [0.2, 0.25) is 5.02 Å². The van der Waals surface area contributed by atoms with Crippen LogP contribution in [-0.4, -0.2) is 14.9 Å². The van der Waals surface area contributed by atoms with E-state index >= 15 is 0 Å². The van der Waals surface area contributed by atoms with Crippen molar-refractivity contribution in [3.8, 4) is 11.4 Å². The van der Waals surface area contributed by atoms with Crippen LogP contribution in [0.1, 0.15) is 26.7 Å². The number of nitrogens with zero attached hydrogens (tertiary/aromatic N) is 2. The number of aromatic nitrogens is 2. The molecule has 0 aliphatic heterocycles. The summed E-state index contributed by atoms with van der Waals surface area (Å²) in [5.74, 6) is -2.41. The first-order chi connectivity index (χ1) is 9.12. The normalized spacial score (nSPS) is 11.8. The van der Waals surface area contributed by atoms with E-state index in [0.717, 1.165) is 6.07 Å². The molecule has 6 nitrogen and oxygen atoms in total. The van der Waals surface area contributed by atoms with E-state index in [4.69, 9.17) is 21.8 Å². The lowest BCUT2D eigenvalue weighted by Crippen LogP contribution is -2.16. The van der Waals surface area contributed by atoms with Crippen LogP contribution in [0, 0.1) is 5.82 Å². The summed E-state index contributed by atoms with van der Waals surface area (Å²) in [5.41, 5.74) is 4.23. The molecular formula is C12H13ClFN3O3. The molecule has 1 heterocycles. The molecule has 1 aromatic carbocycles. The van der Waals surface area contributed by atoms with Crippen LogP contribution in [0.5, 0.6) is 5.75 Å². The fraction of sp³-hybridized carbons (Fsp3) is 0.333. The Labute approximate surface area is 118 Å². The maximum Gasteiger partial charge on any atom is 0.442 e. The largest absolute Gasteiger partial charge is 0.504 e. The van der Waals surface area contributed by atoms with Crippen molar-refractivity contribution in [2.24, 2.45) is 0 Å². The van der Waals surface area contributed by atoms with Crippen molar-refractivity contribution >= 4 is 17.3 Å². The van der Waals surface area contributed by atoms with Crippen LogP contribution in [-0.2, 0) is 5.41 Å². The number of hydrogen-bond acceptors (Lipinski definition) is 5. The maximum absolute atomic E-state index is 13.9. The number of nitrogens with two attached hydrogens (primary N) is 1. The number of halogens is 2. The number of anilines is 1. The Morgan fingerprint density at radius 2 is 2.10 bits per heavy atom. The first-order valence-electron chi connectivity index (χ1n) is 5.70. The van der Waals surface area contributed by atoms with Crippen LogP contribution in [0.4, 0.5) is 10.1 Å². The standard InChI is InChI=1S/C12H13ClFN3O3/c1-12(2,3)10-16-17(11(19)20-10)8-6(14)4-5(13)7(15)9(8)18/h4,18H,15H2,1-3H3. The summed E-state index contributed by atoms with van der Waals surface area (Å²) in [6, 6.07) is 0.893. The second-order valence-corrected chi connectivity index (χ2v) is 5.69. The van der Waals surface area contributed by atoms with Crippen molar-refractivity contribution in [3.05, 3.63) is 33.3 Å². The van der Waals surface area contributed by atoms with Gasteiger partial charge in [0.05, 0.1) is 10.7 Å². The predicted octanol–water partition coefficient (Wildman–Crippen LogP) is 2.20. The smallest absolute Gasteiger partial charge is 0.442 e. The van der Waals surface area contributed by atoms with Gasteiger partial charge in [-0.3, -0.25) is 0 Å². The molecule has 3 N–H and O–H groups in total. The highest BCUT2D eigenvalue weighted by Gasteiger charge is 2.26. The number of phenols is 1. The molecular weight excluding hydrogens is 289 g/mol. The van der Waals surface area contributed by atoms with Crippen LogP contribution in [0.25, 0.3) is 5.69 Å². The van der Waals surface area contributed by atoms with Gasteiger partial charge < -0.3 is 15.3 Å². The van der Waals surface area contributed by atoms with Gasteiger partial charge in [0.25, 0.3) is 0 Å². The third-order valence-corrected chi connectivity index (χ3v) is 2.93. The number of phenolic OH excluding ortho intramolecular Hbond substituents is 1. The van der Waals surface area contributed by atoms with Crippen LogP contribution >= 0.6 is 11.6 Å². The van der Waals surface area contributed by atoms with Gasteiger partial charge in [0, 0.05) is 5.41 Å². The minimum atomic E-state index is -0.933. The molecule has 8 heteroatoms. The average molecular weight is 302 g/mol. The fourth-order valence-corrected chi connectivity index (χ4v) is 1.72. The summed E-state index contributed by atoms with van der Waals surface area (Å²) in [4.78, 5) is 11.8. The zero-order valence-corrected chi connectivity index (χ0v) is 11.8. The minimum Gasteiger partial charge on any atom is -0.504 e. The van der Waals surface area contributed by atoms with Gasteiger partial charge >= 0.3 is 5.76 Å². The van der Waals surface area contributed by atoms with Crippen LogP contribution in [0.15, 0.2) is 15.3 Å². The Kier molecular flexibility index (Phi) is 3.25. The van der Waals surface area contributed by atoms with Gasteiger partial charge in [-0.05, 0) is 6.07 Å². The minimum absolute atomic E-state index is 0.106. The monoisotopic (exact) mass is 301 g/mol. The Bertz CT molecular complexity index is 731. The Balaban J connectivity index is 2.73. The Morgan fingerprint density at radius 1 is 1.50 bits per heavy atom. The molecule has 0 amide bonds. The van der Waals surface area contributed by atoms with Crippen molar-refractivity contribution < 1.29 is 13.9 Å². The third kappa shape index (κ3) is 2.24. The lowest BCUT2D eigenvalue weighted by molar-refractivity contribution is 0.375. The predicted molar refractivity (Wildman–Crippen MR) is 71.8 cm³/mol. The van der Waals surface area contributed by atoms with Crippen molar-refractivity contribution in [1.29, 1.82) is 0 Å². The van der Waals surface area contributed by atoms with Crippen molar-refractivity contribution in [2.75, 3.05) is 5.73 Å². The molecule has 1 aromatic heterocycles. The van der Waals surface area contributed by atoms with Crippen LogP contribution in [0.3, 0.4) is 0 Å². The number of aromatic hydroxyl groups is 1. The third-order valence-electron chi connectivity index (χ3n) is 2.62. The summed E-state index contributed by atoms with van der Waals surface area (Å²) in [6.45, 7) is 5.32. The molecule has 0 atom stereocenters. The lowest BCUT2D eigenvalue weighted by atomic mass is 9.97. The summed E-state index contributed by atoms with van der Waals surface area (Å²) in [5, 5.41) is 13.6. The highest BCUT2D eigenvalue weighted by Crippen LogP contribution is 2.36. The first kappa shape index (κ1) is 14.4. The summed E-state index contributed by atoms with van der Waals surface area (Å²) in [7, 11) is 0. The molecule has 0 aliphatic carbocycles. The first-order valence-corrected chi connectivity index (χ1v) is 6.08. The van der Waals surface area contributed by atoms with Gasteiger partial charge in [0.2, 0.25) is 5.89 Å². The topological polar surface area (TPSA) is 94.3 Å². The number of benzene rings is 1. The second-order valence-electron chi connectivity index (χ2n) is 5.29. The van der Waals surface area contributed by atoms with E-state index in [-0.39, 0.29) is 16.6 Å². The molecule has 20 heavy (non-hydrogen) atoms. The number of rotatable bonds is 1. The molecule has 0 fully saturated rings. The van der Waals surface area contributed by atoms with E-state index in [0.29, 0.717) is 4.68 Å². The zero-order chi connectivity index (χ0) is 15.2. The van der Waals surface area contributed by atoms with Crippen molar-refractivity contribution in [2.45, 2.75) is 26.2 Å². The molecule has 0 radical (unpaired) electrons. The molecule has 0 saturated heterocycles. The molecule has 0 aliphatic rings. The summed E-state index contributed by atoms with van der Waals surface area (Å²) >= 11 is 5.64. The van der Waals surface area contributed by atoms with Gasteiger partial charge in [-0.2, -0.15) is 4.68 Å². The fourth-order valence-electron chi connectivity index (χ4n) is 1.54. The van der Waals surface area contributed by atoms with Gasteiger partial charge in [0.15, 0.2) is 17.3 Å².